The molecule has 0 unspecified atom stereocenters. The standard InChI is InChI=1S/C26H24N2O5/c1-3-32-27-24(18-8-7-11-21(14-18)33-19-9-5-4-6-10-19)17-28-16-23(26(29)30)22-13-12-20(31-2)15-25(22)28/h4-17,27H,3H2,1-2H3,(H,29,30). The van der Waals surface area contributed by atoms with E-state index in [0.29, 0.717) is 34.7 Å². The van der Waals surface area contributed by atoms with Gasteiger partial charge in [0.15, 0.2) is 0 Å². The van der Waals surface area contributed by atoms with Crippen LogP contribution in [0.5, 0.6) is 17.2 Å². The number of benzene rings is 3. The highest BCUT2D eigenvalue weighted by molar-refractivity contribution is 6.04. The Kier molecular flexibility index (Phi) is 6.61. The number of rotatable bonds is 9. The maximum absolute atomic E-state index is 11.8. The smallest absolute Gasteiger partial charge is 0.337 e. The molecule has 0 bridgehead atoms. The van der Waals surface area contributed by atoms with Crippen molar-refractivity contribution in [2.24, 2.45) is 0 Å². The van der Waals surface area contributed by atoms with Crippen LogP contribution in [0.2, 0.25) is 0 Å². The summed E-state index contributed by atoms with van der Waals surface area (Å²) in [6.45, 7) is 2.32. The first kappa shape index (κ1) is 22.0. The van der Waals surface area contributed by atoms with Crippen LogP contribution < -0.4 is 15.0 Å². The Bertz CT molecular complexity index is 1290. The number of carboxylic acid groups (broad SMARTS) is 1. The van der Waals surface area contributed by atoms with E-state index in [0.717, 1.165) is 11.3 Å². The van der Waals surface area contributed by atoms with E-state index in [1.54, 1.807) is 42.3 Å². The molecule has 2 N–H and O–H groups in total. The van der Waals surface area contributed by atoms with Gasteiger partial charge in [-0.25, -0.2) is 4.79 Å². The zero-order chi connectivity index (χ0) is 23.2. The van der Waals surface area contributed by atoms with Crippen molar-refractivity contribution >= 4 is 28.8 Å². The molecular formula is C26H24N2O5. The van der Waals surface area contributed by atoms with Crippen LogP contribution >= 0.6 is 0 Å². The molecule has 33 heavy (non-hydrogen) atoms. The molecule has 0 saturated carbocycles. The van der Waals surface area contributed by atoms with Gasteiger partial charge in [-0.1, -0.05) is 30.3 Å². The summed E-state index contributed by atoms with van der Waals surface area (Å²) >= 11 is 0. The number of hydrogen-bond donors (Lipinski definition) is 2. The van der Waals surface area contributed by atoms with E-state index in [1.807, 2.05) is 61.5 Å². The van der Waals surface area contributed by atoms with E-state index in [9.17, 15) is 9.90 Å². The molecule has 0 radical (unpaired) electrons. The number of carboxylic acids is 1. The largest absolute Gasteiger partial charge is 0.497 e. The van der Waals surface area contributed by atoms with Gasteiger partial charge in [0.2, 0.25) is 0 Å². The van der Waals surface area contributed by atoms with Crippen molar-refractivity contribution in [3.63, 3.8) is 0 Å². The molecular weight excluding hydrogens is 420 g/mol. The van der Waals surface area contributed by atoms with E-state index in [2.05, 4.69) is 5.48 Å². The number of hydrogen-bond acceptors (Lipinski definition) is 5. The van der Waals surface area contributed by atoms with Gasteiger partial charge in [-0.15, -0.1) is 0 Å². The monoisotopic (exact) mass is 444 g/mol. The Hall–Kier alpha value is -4.23. The molecule has 0 fully saturated rings. The molecule has 0 amide bonds. The summed E-state index contributed by atoms with van der Waals surface area (Å²) in [5.41, 5.74) is 5.29. The Labute approximate surface area is 191 Å². The van der Waals surface area contributed by atoms with Crippen LogP contribution in [-0.2, 0) is 4.84 Å². The number of carbonyl (C=O) groups is 1. The van der Waals surface area contributed by atoms with E-state index >= 15 is 0 Å². The molecule has 7 heteroatoms. The molecule has 4 aromatic rings. The van der Waals surface area contributed by atoms with E-state index in [1.165, 1.54) is 0 Å². The average molecular weight is 444 g/mol. The topological polar surface area (TPSA) is 82.0 Å². The average Bonchev–Trinajstić information content (AvgIpc) is 3.20. The Balaban J connectivity index is 1.78. The minimum Gasteiger partial charge on any atom is -0.497 e. The van der Waals surface area contributed by atoms with Crippen molar-refractivity contribution in [1.82, 2.24) is 10.0 Å². The van der Waals surface area contributed by atoms with Crippen LogP contribution in [0.1, 0.15) is 22.8 Å². The van der Waals surface area contributed by atoms with Crippen LogP contribution in [0.3, 0.4) is 0 Å². The van der Waals surface area contributed by atoms with Crippen molar-refractivity contribution in [2.45, 2.75) is 6.92 Å². The first-order valence-corrected chi connectivity index (χ1v) is 10.4. The van der Waals surface area contributed by atoms with Crippen LogP contribution in [0.4, 0.5) is 0 Å². The number of para-hydroxylation sites is 1. The molecule has 7 nitrogen and oxygen atoms in total. The van der Waals surface area contributed by atoms with Gasteiger partial charge < -0.3 is 19.1 Å². The summed E-state index contributed by atoms with van der Waals surface area (Å²) < 4.78 is 13.0. The maximum Gasteiger partial charge on any atom is 0.337 e. The number of methoxy groups -OCH3 is 1. The lowest BCUT2D eigenvalue weighted by Gasteiger charge is -2.13. The second kappa shape index (κ2) is 9.93. The molecule has 0 aliphatic carbocycles. The summed E-state index contributed by atoms with van der Waals surface area (Å²) in [7, 11) is 1.57. The van der Waals surface area contributed by atoms with Crippen LogP contribution in [-0.4, -0.2) is 29.4 Å². The summed E-state index contributed by atoms with van der Waals surface area (Å²) in [5.74, 6) is 1.01. The van der Waals surface area contributed by atoms with Gasteiger partial charge in [-0.2, -0.15) is 0 Å². The Morgan fingerprint density at radius 3 is 2.52 bits per heavy atom. The van der Waals surface area contributed by atoms with Gasteiger partial charge in [0.05, 0.1) is 30.5 Å². The predicted octanol–water partition coefficient (Wildman–Crippen LogP) is 5.64. The SMILES string of the molecule is CCONC(=Cn1cc(C(=O)O)c2ccc(OC)cc21)c1cccc(Oc2ccccc2)c1. The molecule has 4 rings (SSSR count). The maximum atomic E-state index is 11.8. The molecule has 168 valence electrons. The zero-order valence-corrected chi connectivity index (χ0v) is 18.3. The van der Waals surface area contributed by atoms with Gasteiger partial charge in [0.1, 0.15) is 17.2 Å². The third-order valence-electron chi connectivity index (χ3n) is 4.99. The predicted molar refractivity (Wildman–Crippen MR) is 127 cm³/mol. The summed E-state index contributed by atoms with van der Waals surface area (Å²) in [6.07, 6.45) is 3.36. The molecule has 0 spiro atoms. The van der Waals surface area contributed by atoms with Crippen molar-refractivity contribution in [3.8, 4) is 17.2 Å². The molecule has 0 aliphatic heterocycles. The van der Waals surface area contributed by atoms with Crippen molar-refractivity contribution in [1.29, 1.82) is 0 Å². The highest BCUT2D eigenvalue weighted by atomic mass is 16.6. The van der Waals surface area contributed by atoms with Crippen molar-refractivity contribution in [2.75, 3.05) is 13.7 Å². The minimum absolute atomic E-state index is 0.195. The summed E-state index contributed by atoms with van der Waals surface area (Å²) in [4.78, 5) is 17.3. The van der Waals surface area contributed by atoms with E-state index in [4.69, 9.17) is 14.3 Å². The first-order valence-electron chi connectivity index (χ1n) is 10.4. The zero-order valence-electron chi connectivity index (χ0n) is 18.3. The summed E-state index contributed by atoms with van der Waals surface area (Å²) in [5, 5.41) is 10.3. The fourth-order valence-corrected chi connectivity index (χ4v) is 3.44. The second-order valence-electron chi connectivity index (χ2n) is 7.16. The first-order chi connectivity index (χ1) is 16.1. The number of nitrogens with zero attached hydrogens (tertiary/aromatic N) is 1. The van der Waals surface area contributed by atoms with Gasteiger partial charge in [-0.05, 0) is 43.3 Å². The number of hydroxylamine groups is 1. The molecule has 1 aromatic heterocycles. The lowest BCUT2D eigenvalue weighted by Crippen LogP contribution is -2.13. The van der Waals surface area contributed by atoms with Gasteiger partial charge in [-0.3, -0.25) is 10.3 Å². The van der Waals surface area contributed by atoms with Crippen LogP contribution in [0.15, 0.2) is 79.0 Å². The number of aromatic carboxylic acids is 1. The highest BCUT2D eigenvalue weighted by Crippen LogP contribution is 2.29. The number of aromatic nitrogens is 1. The Morgan fingerprint density at radius 2 is 1.79 bits per heavy atom. The van der Waals surface area contributed by atoms with Crippen LogP contribution in [0.25, 0.3) is 22.8 Å². The molecule has 0 atom stereocenters. The minimum atomic E-state index is -1.00. The van der Waals surface area contributed by atoms with Crippen molar-refractivity contribution < 1.29 is 24.2 Å². The van der Waals surface area contributed by atoms with E-state index < -0.39 is 5.97 Å². The quantitative estimate of drug-likeness (QED) is 0.325. The Morgan fingerprint density at radius 1 is 1.00 bits per heavy atom. The second-order valence-corrected chi connectivity index (χ2v) is 7.16. The fraction of sp³-hybridized carbons (Fsp3) is 0.115. The molecule has 0 aliphatic rings. The lowest BCUT2D eigenvalue weighted by atomic mass is 10.1. The van der Waals surface area contributed by atoms with Gasteiger partial charge in [0.25, 0.3) is 0 Å². The lowest BCUT2D eigenvalue weighted by molar-refractivity contribution is 0.0699. The number of fused-ring (bicyclic) bond motifs is 1. The third-order valence-corrected chi connectivity index (χ3v) is 4.99. The molecule has 1 heterocycles. The molecule has 0 saturated heterocycles. The normalized spacial score (nSPS) is 11.4. The van der Waals surface area contributed by atoms with Gasteiger partial charge >= 0.3 is 5.97 Å². The summed E-state index contributed by atoms with van der Waals surface area (Å²) in [6, 6.07) is 22.3. The number of ether oxygens (including phenoxy) is 2. The van der Waals surface area contributed by atoms with E-state index in [-0.39, 0.29) is 5.56 Å². The molecule has 3 aromatic carbocycles. The van der Waals surface area contributed by atoms with Crippen molar-refractivity contribution in [3.05, 3.63) is 90.1 Å². The fourth-order valence-electron chi connectivity index (χ4n) is 3.44. The third kappa shape index (κ3) is 4.99. The highest BCUT2D eigenvalue weighted by Gasteiger charge is 2.15. The van der Waals surface area contributed by atoms with Gasteiger partial charge in [0, 0.05) is 29.4 Å². The number of nitrogens with one attached hydrogen (secondary N) is 1. The van der Waals surface area contributed by atoms with Crippen LogP contribution in [0, 0.1) is 0 Å².